The zero-order valence-corrected chi connectivity index (χ0v) is 8.85. The number of ether oxygens (including phenoxy) is 1. The third-order valence-electron chi connectivity index (χ3n) is 1.72. The van der Waals surface area contributed by atoms with Gasteiger partial charge in [-0.05, 0) is 12.8 Å². The van der Waals surface area contributed by atoms with Gasteiger partial charge in [0.25, 0.3) is 0 Å². The molecular weight excluding hydrogens is 227 g/mol. The van der Waals surface area contributed by atoms with E-state index in [-0.39, 0.29) is 13.2 Å². The van der Waals surface area contributed by atoms with Gasteiger partial charge in [0.05, 0.1) is 0 Å². The Morgan fingerprint density at radius 1 is 1.19 bits per heavy atom. The maximum absolute atomic E-state index is 11.6. The largest absolute Gasteiger partial charge is 0.440 e. The van der Waals surface area contributed by atoms with E-state index in [0.29, 0.717) is 12.8 Å². The minimum atomic E-state index is -4.49. The van der Waals surface area contributed by atoms with E-state index in [1.165, 1.54) is 0 Å². The van der Waals surface area contributed by atoms with Crippen LogP contribution in [0.25, 0.3) is 0 Å². The molecule has 0 radical (unpaired) electrons. The second-order valence-corrected chi connectivity index (χ2v) is 3.26. The SMILES string of the molecule is O=C(NCCCCCCO)OCC(F)(F)F. The maximum atomic E-state index is 11.6. The van der Waals surface area contributed by atoms with E-state index in [2.05, 4.69) is 10.1 Å². The Bertz CT molecular complexity index is 197. The van der Waals surface area contributed by atoms with E-state index in [1.807, 2.05) is 0 Å². The minimum absolute atomic E-state index is 0.126. The van der Waals surface area contributed by atoms with Crippen molar-refractivity contribution in [3.63, 3.8) is 0 Å². The van der Waals surface area contributed by atoms with Crippen LogP contribution in [0.3, 0.4) is 0 Å². The van der Waals surface area contributed by atoms with Crippen molar-refractivity contribution in [2.45, 2.75) is 31.9 Å². The van der Waals surface area contributed by atoms with Crippen LogP contribution in [-0.4, -0.2) is 37.1 Å². The highest BCUT2D eigenvalue weighted by molar-refractivity contribution is 5.67. The molecule has 0 spiro atoms. The second-order valence-electron chi connectivity index (χ2n) is 3.26. The van der Waals surface area contributed by atoms with Crippen molar-refractivity contribution in [2.24, 2.45) is 0 Å². The van der Waals surface area contributed by atoms with E-state index in [9.17, 15) is 18.0 Å². The fourth-order valence-corrected chi connectivity index (χ4v) is 0.979. The lowest BCUT2D eigenvalue weighted by Crippen LogP contribution is -2.29. The van der Waals surface area contributed by atoms with Gasteiger partial charge < -0.3 is 15.2 Å². The van der Waals surface area contributed by atoms with Crippen LogP contribution in [0.15, 0.2) is 0 Å². The highest BCUT2D eigenvalue weighted by Crippen LogP contribution is 2.14. The summed E-state index contributed by atoms with van der Waals surface area (Å²) in [6.45, 7) is -1.16. The Hall–Kier alpha value is -0.980. The Kier molecular flexibility index (Phi) is 7.70. The number of halogens is 3. The molecule has 16 heavy (non-hydrogen) atoms. The molecule has 1 amide bonds. The molecule has 0 saturated carbocycles. The molecule has 0 heterocycles. The summed E-state index contributed by atoms with van der Waals surface area (Å²) in [5.41, 5.74) is 0. The molecule has 0 unspecified atom stereocenters. The van der Waals surface area contributed by atoms with E-state index >= 15 is 0 Å². The van der Waals surface area contributed by atoms with Gasteiger partial charge >= 0.3 is 12.3 Å². The molecule has 0 rings (SSSR count). The highest BCUT2D eigenvalue weighted by atomic mass is 19.4. The van der Waals surface area contributed by atoms with Crippen molar-refractivity contribution < 1.29 is 27.8 Å². The fraction of sp³-hybridized carbons (Fsp3) is 0.889. The van der Waals surface area contributed by atoms with E-state index in [1.54, 1.807) is 0 Å². The van der Waals surface area contributed by atoms with Crippen LogP contribution in [-0.2, 0) is 4.74 Å². The first-order valence-corrected chi connectivity index (χ1v) is 5.04. The molecule has 0 aromatic carbocycles. The predicted octanol–water partition coefficient (Wildman–Crippen LogP) is 1.83. The molecule has 2 N–H and O–H groups in total. The topological polar surface area (TPSA) is 58.6 Å². The fourth-order valence-electron chi connectivity index (χ4n) is 0.979. The number of unbranched alkanes of at least 4 members (excludes halogenated alkanes) is 3. The molecule has 0 saturated heterocycles. The number of nitrogens with one attached hydrogen (secondary N) is 1. The van der Waals surface area contributed by atoms with Gasteiger partial charge in [-0.2, -0.15) is 13.2 Å². The third kappa shape index (κ3) is 11.1. The summed E-state index contributed by atoms with van der Waals surface area (Å²) in [5.74, 6) is 0. The number of alkyl carbamates (subject to hydrolysis) is 1. The lowest BCUT2D eigenvalue weighted by atomic mass is 10.2. The second kappa shape index (κ2) is 8.20. The summed E-state index contributed by atoms with van der Waals surface area (Å²) in [6.07, 6.45) is -2.56. The van der Waals surface area contributed by atoms with Crippen molar-refractivity contribution in [3.05, 3.63) is 0 Å². The maximum Gasteiger partial charge on any atom is 0.422 e. The molecule has 96 valence electrons. The van der Waals surface area contributed by atoms with Crippen LogP contribution < -0.4 is 5.32 Å². The van der Waals surface area contributed by atoms with Crippen molar-refractivity contribution in [3.8, 4) is 0 Å². The summed E-state index contributed by atoms with van der Waals surface area (Å²) in [4.78, 5) is 10.7. The summed E-state index contributed by atoms with van der Waals surface area (Å²) in [6, 6.07) is 0. The van der Waals surface area contributed by atoms with Crippen molar-refractivity contribution in [2.75, 3.05) is 19.8 Å². The van der Waals surface area contributed by atoms with Gasteiger partial charge in [-0.1, -0.05) is 12.8 Å². The van der Waals surface area contributed by atoms with Gasteiger partial charge in [-0.15, -0.1) is 0 Å². The first-order chi connectivity index (χ1) is 7.45. The van der Waals surface area contributed by atoms with Gasteiger partial charge in [0.1, 0.15) is 0 Å². The van der Waals surface area contributed by atoms with Crippen LogP contribution in [0.5, 0.6) is 0 Å². The molecular formula is C9H16F3NO3. The number of aliphatic hydroxyl groups excluding tert-OH is 1. The van der Waals surface area contributed by atoms with E-state index in [4.69, 9.17) is 5.11 Å². The minimum Gasteiger partial charge on any atom is -0.440 e. The molecule has 4 nitrogen and oxygen atoms in total. The van der Waals surface area contributed by atoms with Crippen LogP contribution in [0.4, 0.5) is 18.0 Å². The van der Waals surface area contributed by atoms with Crippen LogP contribution in [0.2, 0.25) is 0 Å². The summed E-state index contributed by atoms with van der Waals surface area (Å²) in [7, 11) is 0. The molecule has 0 aromatic rings. The number of aliphatic hydroxyl groups is 1. The van der Waals surface area contributed by atoms with Crippen LogP contribution in [0, 0.1) is 0 Å². The molecule has 0 aromatic heterocycles. The zero-order valence-electron chi connectivity index (χ0n) is 8.85. The highest BCUT2D eigenvalue weighted by Gasteiger charge is 2.29. The Labute approximate surface area is 91.8 Å². The van der Waals surface area contributed by atoms with Crippen molar-refractivity contribution in [1.29, 1.82) is 0 Å². The monoisotopic (exact) mass is 243 g/mol. The van der Waals surface area contributed by atoms with Crippen LogP contribution in [0.1, 0.15) is 25.7 Å². The lowest BCUT2D eigenvalue weighted by Gasteiger charge is -2.08. The zero-order chi connectivity index (χ0) is 12.4. The predicted molar refractivity (Wildman–Crippen MR) is 51.0 cm³/mol. The smallest absolute Gasteiger partial charge is 0.422 e. The number of carbonyl (C=O) groups is 1. The van der Waals surface area contributed by atoms with Gasteiger partial charge in [0.15, 0.2) is 6.61 Å². The number of hydrogen-bond acceptors (Lipinski definition) is 3. The third-order valence-corrected chi connectivity index (χ3v) is 1.72. The Morgan fingerprint density at radius 3 is 2.38 bits per heavy atom. The molecule has 0 fully saturated rings. The van der Waals surface area contributed by atoms with Crippen molar-refractivity contribution >= 4 is 6.09 Å². The molecule has 0 atom stereocenters. The average Bonchev–Trinajstić information content (AvgIpc) is 2.19. The summed E-state index contributed by atoms with van der Waals surface area (Å²) in [5, 5.41) is 10.7. The van der Waals surface area contributed by atoms with Crippen LogP contribution >= 0.6 is 0 Å². The Morgan fingerprint density at radius 2 is 1.81 bits per heavy atom. The van der Waals surface area contributed by atoms with Crippen molar-refractivity contribution in [1.82, 2.24) is 5.32 Å². The quantitative estimate of drug-likeness (QED) is 0.670. The lowest BCUT2D eigenvalue weighted by molar-refractivity contribution is -0.160. The molecule has 0 bridgehead atoms. The summed E-state index contributed by atoms with van der Waals surface area (Å²) >= 11 is 0. The Balaban J connectivity index is 3.31. The number of amides is 1. The van der Waals surface area contributed by atoms with E-state index < -0.39 is 18.9 Å². The number of hydrogen-bond donors (Lipinski definition) is 2. The first kappa shape index (κ1) is 15.0. The van der Waals surface area contributed by atoms with Gasteiger partial charge in [-0.3, -0.25) is 0 Å². The van der Waals surface area contributed by atoms with Gasteiger partial charge in [0, 0.05) is 13.2 Å². The molecule has 0 aliphatic carbocycles. The van der Waals surface area contributed by atoms with Gasteiger partial charge in [-0.25, -0.2) is 4.79 Å². The average molecular weight is 243 g/mol. The van der Waals surface area contributed by atoms with Gasteiger partial charge in [0.2, 0.25) is 0 Å². The molecule has 0 aliphatic heterocycles. The number of carbonyl (C=O) groups excluding carboxylic acids is 1. The molecule has 7 heteroatoms. The normalized spacial score (nSPS) is 11.2. The molecule has 0 aliphatic rings. The summed E-state index contributed by atoms with van der Waals surface area (Å²) < 4.78 is 38.8. The van der Waals surface area contributed by atoms with E-state index in [0.717, 1.165) is 12.8 Å². The first-order valence-electron chi connectivity index (χ1n) is 5.04. The number of alkyl halides is 3. The standard InChI is InChI=1S/C9H16F3NO3/c10-9(11,12)7-16-8(15)13-5-3-1-2-4-6-14/h14H,1-7H2,(H,13,15). The number of rotatable bonds is 7.